The molecule has 1 heterocycles. The Morgan fingerprint density at radius 1 is 1.26 bits per heavy atom. The van der Waals surface area contributed by atoms with Crippen LogP contribution in [-0.4, -0.2) is 48.9 Å². The summed E-state index contributed by atoms with van der Waals surface area (Å²) in [4.78, 5) is 13.9. The van der Waals surface area contributed by atoms with Gasteiger partial charge >= 0.3 is 0 Å². The summed E-state index contributed by atoms with van der Waals surface area (Å²) in [6.45, 7) is 2.45. The Morgan fingerprint density at radius 3 is 2.68 bits per heavy atom. The average molecular weight is 283 g/mol. The van der Waals surface area contributed by atoms with E-state index >= 15 is 0 Å². The fourth-order valence-corrected chi connectivity index (χ4v) is 3.47. The van der Waals surface area contributed by atoms with Crippen molar-refractivity contribution in [2.45, 2.75) is 13.3 Å². The van der Waals surface area contributed by atoms with Gasteiger partial charge in [-0.2, -0.15) is 0 Å². The predicted molar refractivity (Wildman–Crippen MR) is 72.0 cm³/mol. The van der Waals surface area contributed by atoms with Gasteiger partial charge in [-0.15, -0.1) is 0 Å². The molecule has 1 N–H and O–H groups in total. The number of phenolic OH excluding ortho intramolecular Hbond substituents is 1. The lowest BCUT2D eigenvalue weighted by molar-refractivity contribution is 0.0768. The first-order valence-electron chi connectivity index (χ1n) is 6.18. The number of aromatic hydroxyl groups is 1. The molecule has 1 saturated heterocycles. The van der Waals surface area contributed by atoms with Crippen LogP contribution >= 0.6 is 0 Å². The van der Waals surface area contributed by atoms with E-state index in [1.807, 2.05) is 0 Å². The summed E-state index contributed by atoms with van der Waals surface area (Å²) in [6, 6.07) is 4.57. The molecular weight excluding hydrogens is 266 g/mol. The molecule has 1 aliphatic rings. The van der Waals surface area contributed by atoms with Gasteiger partial charge in [0.05, 0.1) is 11.5 Å². The second kappa shape index (κ2) is 5.21. The van der Waals surface area contributed by atoms with E-state index in [0.717, 1.165) is 0 Å². The first-order chi connectivity index (χ1) is 8.89. The zero-order valence-electron chi connectivity index (χ0n) is 10.8. The molecule has 104 valence electrons. The molecule has 6 heteroatoms. The molecule has 2 rings (SSSR count). The maximum atomic E-state index is 12.3. The number of amides is 1. The average Bonchev–Trinajstić information content (AvgIpc) is 2.49. The standard InChI is InChI=1S/C13H17NO4S/c1-10-9-11(15)3-4-12(10)13(16)14-5-2-7-19(17,18)8-6-14/h3-4,9,15H,2,5-8H2,1H3. The lowest BCUT2D eigenvalue weighted by Gasteiger charge is -2.20. The van der Waals surface area contributed by atoms with Crippen LogP contribution in [0.5, 0.6) is 5.75 Å². The molecule has 1 amide bonds. The van der Waals surface area contributed by atoms with Gasteiger partial charge in [0, 0.05) is 18.7 Å². The van der Waals surface area contributed by atoms with E-state index in [1.54, 1.807) is 17.9 Å². The fourth-order valence-electron chi connectivity index (χ4n) is 2.20. The number of nitrogens with zero attached hydrogens (tertiary/aromatic N) is 1. The smallest absolute Gasteiger partial charge is 0.254 e. The molecule has 1 aromatic carbocycles. The van der Waals surface area contributed by atoms with Crippen molar-refractivity contribution in [2.75, 3.05) is 24.6 Å². The highest BCUT2D eigenvalue weighted by atomic mass is 32.2. The molecule has 0 aromatic heterocycles. The Bertz CT molecular complexity index is 595. The summed E-state index contributed by atoms with van der Waals surface area (Å²) in [5.41, 5.74) is 1.20. The van der Waals surface area contributed by atoms with Crippen LogP contribution in [-0.2, 0) is 9.84 Å². The van der Waals surface area contributed by atoms with Crippen LogP contribution in [0.15, 0.2) is 18.2 Å². The van der Waals surface area contributed by atoms with Crippen molar-refractivity contribution in [3.63, 3.8) is 0 Å². The summed E-state index contributed by atoms with van der Waals surface area (Å²) >= 11 is 0. The number of aryl methyl sites for hydroxylation is 1. The molecule has 0 radical (unpaired) electrons. The van der Waals surface area contributed by atoms with Crippen LogP contribution in [0.2, 0.25) is 0 Å². The van der Waals surface area contributed by atoms with Gasteiger partial charge in [0.1, 0.15) is 5.75 Å². The molecular formula is C13H17NO4S. The minimum Gasteiger partial charge on any atom is -0.508 e. The van der Waals surface area contributed by atoms with E-state index in [2.05, 4.69) is 0 Å². The van der Waals surface area contributed by atoms with E-state index in [0.29, 0.717) is 24.1 Å². The third-order valence-electron chi connectivity index (χ3n) is 3.28. The minimum atomic E-state index is -3.02. The summed E-state index contributed by atoms with van der Waals surface area (Å²) in [6.07, 6.45) is 0.477. The Hall–Kier alpha value is -1.56. The molecule has 0 saturated carbocycles. The number of benzene rings is 1. The Balaban J connectivity index is 2.20. The van der Waals surface area contributed by atoms with Crippen LogP contribution in [0.3, 0.4) is 0 Å². The van der Waals surface area contributed by atoms with Gasteiger partial charge in [-0.25, -0.2) is 8.42 Å². The summed E-state index contributed by atoms with van der Waals surface area (Å²) in [7, 11) is -3.02. The number of phenols is 1. The molecule has 0 aliphatic carbocycles. The van der Waals surface area contributed by atoms with Crippen molar-refractivity contribution >= 4 is 15.7 Å². The van der Waals surface area contributed by atoms with Crippen molar-refractivity contribution in [1.29, 1.82) is 0 Å². The Kier molecular flexibility index (Phi) is 3.80. The zero-order valence-corrected chi connectivity index (χ0v) is 11.6. The number of hydrogen-bond donors (Lipinski definition) is 1. The lowest BCUT2D eigenvalue weighted by atomic mass is 10.1. The van der Waals surface area contributed by atoms with Crippen molar-refractivity contribution in [3.05, 3.63) is 29.3 Å². The van der Waals surface area contributed by atoms with Gasteiger partial charge in [0.25, 0.3) is 5.91 Å². The molecule has 1 aromatic rings. The number of hydrogen-bond acceptors (Lipinski definition) is 4. The van der Waals surface area contributed by atoms with Crippen LogP contribution in [0.25, 0.3) is 0 Å². The predicted octanol–water partition coefficient (Wildman–Crippen LogP) is 0.961. The van der Waals surface area contributed by atoms with E-state index < -0.39 is 9.84 Å². The van der Waals surface area contributed by atoms with Crippen LogP contribution in [0.1, 0.15) is 22.3 Å². The quantitative estimate of drug-likeness (QED) is 0.833. The van der Waals surface area contributed by atoms with Gasteiger partial charge in [0.2, 0.25) is 0 Å². The lowest BCUT2D eigenvalue weighted by Crippen LogP contribution is -2.34. The first kappa shape index (κ1) is 13.9. The van der Waals surface area contributed by atoms with Crippen molar-refractivity contribution in [3.8, 4) is 5.75 Å². The molecule has 1 aliphatic heterocycles. The van der Waals surface area contributed by atoms with Gasteiger partial charge < -0.3 is 10.0 Å². The molecule has 19 heavy (non-hydrogen) atoms. The first-order valence-corrected chi connectivity index (χ1v) is 8.00. The molecule has 0 atom stereocenters. The molecule has 0 spiro atoms. The van der Waals surface area contributed by atoms with Gasteiger partial charge in [-0.05, 0) is 37.1 Å². The molecule has 0 bridgehead atoms. The van der Waals surface area contributed by atoms with E-state index in [-0.39, 0.29) is 29.7 Å². The minimum absolute atomic E-state index is 0.0237. The second-order valence-electron chi connectivity index (χ2n) is 4.80. The third kappa shape index (κ3) is 3.26. The van der Waals surface area contributed by atoms with Crippen molar-refractivity contribution in [1.82, 2.24) is 4.90 Å². The van der Waals surface area contributed by atoms with E-state index in [1.165, 1.54) is 12.1 Å². The van der Waals surface area contributed by atoms with Crippen molar-refractivity contribution < 1.29 is 18.3 Å². The molecule has 1 fully saturated rings. The van der Waals surface area contributed by atoms with Crippen LogP contribution in [0.4, 0.5) is 0 Å². The molecule has 5 nitrogen and oxygen atoms in total. The summed E-state index contributed by atoms with van der Waals surface area (Å²) < 4.78 is 23.0. The van der Waals surface area contributed by atoms with Crippen molar-refractivity contribution in [2.24, 2.45) is 0 Å². The van der Waals surface area contributed by atoms with Gasteiger partial charge in [0.15, 0.2) is 9.84 Å². The van der Waals surface area contributed by atoms with Crippen LogP contribution in [0, 0.1) is 6.92 Å². The summed E-state index contributed by atoms with van der Waals surface area (Å²) in [5.74, 6) is 0.114. The normalized spacial score (nSPS) is 18.9. The maximum Gasteiger partial charge on any atom is 0.254 e. The summed E-state index contributed by atoms with van der Waals surface area (Å²) in [5, 5.41) is 9.34. The number of carbonyl (C=O) groups is 1. The monoisotopic (exact) mass is 283 g/mol. The van der Waals surface area contributed by atoms with E-state index in [4.69, 9.17) is 0 Å². The largest absolute Gasteiger partial charge is 0.508 e. The Labute approximate surface area is 112 Å². The van der Waals surface area contributed by atoms with Crippen LogP contribution < -0.4 is 0 Å². The van der Waals surface area contributed by atoms with Gasteiger partial charge in [-0.1, -0.05) is 0 Å². The highest BCUT2D eigenvalue weighted by Gasteiger charge is 2.24. The SMILES string of the molecule is Cc1cc(O)ccc1C(=O)N1CCCS(=O)(=O)CC1. The number of sulfone groups is 1. The third-order valence-corrected chi connectivity index (χ3v) is 5.00. The second-order valence-corrected chi connectivity index (χ2v) is 7.10. The van der Waals surface area contributed by atoms with Gasteiger partial charge in [-0.3, -0.25) is 4.79 Å². The van der Waals surface area contributed by atoms with E-state index in [9.17, 15) is 18.3 Å². The number of carbonyl (C=O) groups excluding carboxylic acids is 1. The topological polar surface area (TPSA) is 74.7 Å². The highest BCUT2D eigenvalue weighted by molar-refractivity contribution is 7.91. The Morgan fingerprint density at radius 2 is 2.00 bits per heavy atom. The number of rotatable bonds is 1. The zero-order chi connectivity index (χ0) is 14.0. The molecule has 0 unspecified atom stereocenters. The fraction of sp³-hybridized carbons (Fsp3) is 0.462. The maximum absolute atomic E-state index is 12.3. The highest BCUT2D eigenvalue weighted by Crippen LogP contribution is 2.18.